The number of amides is 1. The van der Waals surface area contributed by atoms with E-state index < -0.39 is 34.2 Å². The third-order valence-corrected chi connectivity index (χ3v) is 4.60. The molecule has 0 atom stereocenters. The van der Waals surface area contributed by atoms with Crippen LogP contribution in [0.4, 0.5) is 5.69 Å². The molecule has 1 aromatic rings. The van der Waals surface area contributed by atoms with E-state index in [4.69, 9.17) is 9.84 Å². The number of ether oxygens (including phenoxy) is 1. The number of carbonyl (C=O) groups excluding carboxylic acids is 1. The SMILES string of the molecule is CC(C)Oc1ccc(NS(=O)(=O)CC(=O)N(CC(=O)O)C2CC2)cc1. The summed E-state index contributed by atoms with van der Waals surface area (Å²) in [5, 5.41) is 8.86. The van der Waals surface area contributed by atoms with Gasteiger partial charge in [0.25, 0.3) is 0 Å². The molecule has 2 N–H and O–H groups in total. The maximum atomic E-state index is 12.2. The van der Waals surface area contributed by atoms with Crippen molar-refractivity contribution in [1.29, 1.82) is 0 Å². The van der Waals surface area contributed by atoms with Crippen molar-refractivity contribution in [3.8, 4) is 5.75 Å². The Kier molecular flexibility index (Phi) is 5.89. The summed E-state index contributed by atoms with van der Waals surface area (Å²) in [4.78, 5) is 24.1. The number of carboxylic acid groups (broad SMARTS) is 1. The molecule has 8 nitrogen and oxygen atoms in total. The molecule has 1 aliphatic carbocycles. The Hall–Kier alpha value is -2.29. The number of rotatable bonds is 9. The fraction of sp³-hybridized carbons (Fsp3) is 0.500. The zero-order chi connectivity index (χ0) is 18.6. The number of aliphatic carboxylic acids is 1. The van der Waals surface area contributed by atoms with Gasteiger partial charge < -0.3 is 14.7 Å². The fourth-order valence-electron chi connectivity index (χ4n) is 2.29. The predicted molar refractivity (Wildman–Crippen MR) is 92.0 cm³/mol. The Labute approximate surface area is 146 Å². The van der Waals surface area contributed by atoms with Gasteiger partial charge in [0.1, 0.15) is 18.0 Å². The number of nitrogens with zero attached hydrogens (tertiary/aromatic N) is 1. The molecule has 0 unspecified atom stereocenters. The van der Waals surface area contributed by atoms with Crippen molar-refractivity contribution < 1.29 is 27.9 Å². The van der Waals surface area contributed by atoms with E-state index in [-0.39, 0.29) is 12.1 Å². The van der Waals surface area contributed by atoms with Crippen LogP contribution in [0.1, 0.15) is 26.7 Å². The molecule has 0 aliphatic heterocycles. The number of benzene rings is 1. The van der Waals surface area contributed by atoms with Gasteiger partial charge in [0.2, 0.25) is 15.9 Å². The fourth-order valence-corrected chi connectivity index (χ4v) is 3.35. The molecular weight excluding hydrogens is 348 g/mol. The Morgan fingerprint density at radius 3 is 2.36 bits per heavy atom. The van der Waals surface area contributed by atoms with Gasteiger partial charge in [-0.1, -0.05) is 0 Å². The lowest BCUT2D eigenvalue weighted by molar-refractivity contribution is -0.143. The van der Waals surface area contributed by atoms with Crippen molar-refractivity contribution in [3.05, 3.63) is 24.3 Å². The maximum absolute atomic E-state index is 12.2. The summed E-state index contributed by atoms with van der Waals surface area (Å²) in [5.41, 5.74) is 0.306. The molecule has 2 rings (SSSR count). The van der Waals surface area contributed by atoms with Crippen LogP contribution in [0.25, 0.3) is 0 Å². The lowest BCUT2D eigenvalue weighted by Gasteiger charge is -2.20. The van der Waals surface area contributed by atoms with Crippen LogP contribution >= 0.6 is 0 Å². The van der Waals surface area contributed by atoms with Crippen LogP contribution in [-0.2, 0) is 19.6 Å². The highest BCUT2D eigenvalue weighted by Gasteiger charge is 2.35. The van der Waals surface area contributed by atoms with Gasteiger partial charge in [-0.25, -0.2) is 8.42 Å². The first-order chi connectivity index (χ1) is 11.7. The van der Waals surface area contributed by atoms with Crippen molar-refractivity contribution in [2.45, 2.75) is 38.8 Å². The highest BCUT2D eigenvalue weighted by atomic mass is 32.2. The predicted octanol–water partition coefficient (Wildman–Crippen LogP) is 1.29. The van der Waals surface area contributed by atoms with Crippen LogP contribution < -0.4 is 9.46 Å². The number of carboxylic acids is 1. The largest absolute Gasteiger partial charge is 0.491 e. The average molecular weight is 370 g/mol. The maximum Gasteiger partial charge on any atom is 0.323 e. The first kappa shape index (κ1) is 19.0. The highest BCUT2D eigenvalue weighted by molar-refractivity contribution is 7.93. The molecule has 138 valence electrons. The summed E-state index contributed by atoms with van der Waals surface area (Å²) in [6, 6.07) is 6.15. The van der Waals surface area contributed by atoms with Gasteiger partial charge in [0.15, 0.2) is 0 Å². The molecule has 1 amide bonds. The van der Waals surface area contributed by atoms with Gasteiger partial charge >= 0.3 is 5.97 Å². The van der Waals surface area contributed by atoms with E-state index in [1.807, 2.05) is 13.8 Å². The van der Waals surface area contributed by atoms with Gasteiger partial charge in [-0.3, -0.25) is 14.3 Å². The quantitative estimate of drug-likeness (QED) is 0.677. The topological polar surface area (TPSA) is 113 Å². The molecule has 1 fully saturated rings. The standard InChI is InChI=1S/C16H22N2O6S/c1-11(2)24-14-7-3-12(4-8-14)17-25(22,23)10-15(19)18(9-16(20)21)13-5-6-13/h3-4,7-8,11,13,17H,5-6,9-10H2,1-2H3,(H,20,21). The lowest BCUT2D eigenvalue weighted by atomic mass is 10.3. The van der Waals surface area contributed by atoms with Crippen molar-refractivity contribution in [3.63, 3.8) is 0 Å². The van der Waals surface area contributed by atoms with E-state index in [2.05, 4.69) is 4.72 Å². The molecule has 0 saturated heterocycles. The van der Waals surface area contributed by atoms with E-state index in [0.717, 1.165) is 4.90 Å². The second-order valence-electron chi connectivity index (χ2n) is 6.20. The van der Waals surface area contributed by atoms with Crippen LogP contribution in [-0.4, -0.2) is 54.7 Å². The second-order valence-corrected chi connectivity index (χ2v) is 7.92. The average Bonchev–Trinajstić information content (AvgIpc) is 3.29. The zero-order valence-corrected chi connectivity index (χ0v) is 15.0. The number of carbonyl (C=O) groups is 2. The summed E-state index contributed by atoms with van der Waals surface area (Å²) in [6.45, 7) is 3.27. The van der Waals surface area contributed by atoms with Gasteiger partial charge in [-0.15, -0.1) is 0 Å². The molecule has 0 aromatic heterocycles. The van der Waals surface area contributed by atoms with E-state index in [9.17, 15) is 18.0 Å². The van der Waals surface area contributed by atoms with Crippen LogP contribution in [0.3, 0.4) is 0 Å². The second kappa shape index (κ2) is 7.73. The first-order valence-electron chi connectivity index (χ1n) is 7.95. The van der Waals surface area contributed by atoms with Gasteiger partial charge in [-0.2, -0.15) is 0 Å². The monoisotopic (exact) mass is 370 g/mol. The minimum absolute atomic E-state index is 0.00260. The third kappa shape index (κ3) is 6.26. The summed E-state index contributed by atoms with van der Waals surface area (Å²) in [5.74, 6) is -2.06. The Morgan fingerprint density at radius 2 is 1.88 bits per heavy atom. The normalized spacial score (nSPS) is 14.2. The number of hydrogen-bond donors (Lipinski definition) is 2. The lowest BCUT2D eigenvalue weighted by Crippen LogP contribution is -2.41. The van der Waals surface area contributed by atoms with E-state index >= 15 is 0 Å². The molecule has 9 heteroatoms. The van der Waals surface area contributed by atoms with Crippen LogP contribution in [0.15, 0.2) is 24.3 Å². The first-order valence-corrected chi connectivity index (χ1v) is 9.60. The highest BCUT2D eigenvalue weighted by Crippen LogP contribution is 2.27. The minimum Gasteiger partial charge on any atom is -0.491 e. The number of sulfonamides is 1. The molecule has 0 spiro atoms. The minimum atomic E-state index is -3.93. The van der Waals surface area contributed by atoms with E-state index in [1.54, 1.807) is 12.1 Å². The van der Waals surface area contributed by atoms with Gasteiger partial charge in [0, 0.05) is 11.7 Å². The molecular formula is C16H22N2O6S. The van der Waals surface area contributed by atoms with Crippen molar-refractivity contribution in [2.75, 3.05) is 17.0 Å². The molecule has 0 radical (unpaired) electrons. The summed E-state index contributed by atoms with van der Waals surface area (Å²) < 4.78 is 32.1. The smallest absolute Gasteiger partial charge is 0.323 e. The van der Waals surface area contributed by atoms with Crippen molar-refractivity contribution in [2.24, 2.45) is 0 Å². The molecule has 1 aliphatic rings. The molecule has 1 saturated carbocycles. The van der Waals surface area contributed by atoms with Crippen molar-refractivity contribution >= 4 is 27.6 Å². The molecule has 1 aromatic carbocycles. The van der Waals surface area contributed by atoms with Gasteiger partial charge in [0.05, 0.1) is 6.10 Å². The Morgan fingerprint density at radius 1 is 1.28 bits per heavy atom. The van der Waals surface area contributed by atoms with Gasteiger partial charge in [-0.05, 0) is 51.0 Å². The summed E-state index contributed by atoms with van der Waals surface area (Å²) in [6.07, 6.45) is 1.40. The van der Waals surface area contributed by atoms with Crippen molar-refractivity contribution in [1.82, 2.24) is 4.90 Å². The Balaban J connectivity index is 1.98. The zero-order valence-electron chi connectivity index (χ0n) is 14.1. The van der Waals surface area contributed by atoms with E-state index in [0.29, 0.717) is 24.3 Å². The number of hydrogen-bond acceptors (Lipinski definition) is 5. The summed E-state index contributed by atoms with van der Waals surface area (Å²) in [7, 11) is -3.93. The molecule has 0 heterocycles. The summed E-state index contributed by atoms with van der Waals surface area (Å²) >= 11 is 0. The van der Waals surface area contributed by atoms with Crippen LogP contribution in [0.2, 0.25) is 0 Å². The molecule has 25 heavy (non-hydrogen) atoms. The van der Waals surface area contributed by atoms with Crippen LogP contribution in [0.5, 0.6) is 5.75 Å². The molecule has 0 bridgehead atoms. The Bertz CT molecular complexity index is 725. The number of anilines is 1. The third-order valence-electron chi connectivity index (χ3n) is 3.43. The number of nitrogens with one attached hydrogen (secondary N) is 1. The van der Waals surface area contributed by atoms with E-state index in [1.165, 1.54) is 12.1 Å². The van der Waals surface area contributed by atoms with Crippen LogP contribution in [0, 0.1) is 0 Å².